The monoisotopic (exact) mass is 720 g/mol. The predicted octanol–water partition coefficient (Wildman–Crippen LogP) is 14.5. The molecule has 0 saturated carbocycles. The Morgan fingerprint density at radius 1 is 0.413 bits per heavy atom. The van der Waals surface area contributed by atoms with Crippen LogP contribution in [0.4, 0.5) is 0 Å². The van der Waals surface area contributed by atoms with Crippen LogP contribution in [0, 0.1) is 0 Å². The Hall–Kier alpha value is -1.94. The van der Waals surface area contributed by atoms with Crippen LogP contribution in [0.25, 0.3) is 52.0 Å². The molecule has 0 aromatic carbocycles. The van der Waals surface area contributed by atoms with Crippen molar-refractivity contribution in [2.75, 3.05) is 12.5 Å². The van der Waals surface area contributed by atoms with Crippen molar-refractivity contribution in [1.82, 2.24) is 9.13 Å². The normalized spacial score (nSPS) is 11.7. The molecule has 6 aromatic heterocycles. The molecule has 0 amide bonds. The smallest absolute Gasteiger partial charge is 0.0603 e. The second-order valence-electron chi connectivity index (χ2n) is 11.6. The number of thioether (sulfide) groups is 2. The molecular formula is C38H44N2S6. The van der Waals surface area contributed by atoms with Gasteiger partial charge < -0.3 is 9.13 Å². The van der Waals surface area contributed by atoms with E-state index in [2.05, 4.69) is 108 Å². The van der Waals surface area contributed by atoms with Gasteiger partial charge in [0.15, 0.2) is 0 Å². The molecule has 0 spiro atoms. The topological polar surface area (TPSA) is 9.86 Å². The van der Waals surface area contributed by atoms with Crippen molar-refractivity contribution < 1.29 is 0 Å². The second-order valence-corrected chi connectivity index (χ2v) is 18.2. The van der Waals surface area contributed by atoms with Crippen molar-refractivity contribution in [2.24, 2.45) is 0 Å². The van der Waals surface area contributed by atoms with Crippen LogP contribution in [-0.4, -0.2) is 21.6 Å². The van der Waals surface area contributed by atoms with E-state index in [4.69, 9.17) is 0 Å². The SMILES string of the molecule is CCCCCCn1c(-c2ccc(SC)s2)ccc1-c1ccc(-c2ccc(-c3ccc(-c4ccc(SC)s4)n3CCCCCC)s2)s1. The molecule has 0 aliphatic carbocycles. The Labute approximate surface area is 299 Å². The minimum atomic E-state index is 1.07. The molecule has 6 rings (SSSR count). The van der Waals surface area contributed by atoms with Crippen molar-refractivity contribution in [3.63, 3.8) is 0 Å². The van der Waals surface area contributed by atoms with Crippen LogP contribution >= 0.6 is 68.9 Å². The quantitative estimate of drug-likeness (QED) is 0.0686. The molecule has 0 atom stereocenters. The van der Waals surface area contributed by atoms with Crippen molar-refractivity contribution >= 4 is 68.9 Å². The molecule has 8 heteroatoms. The summed E-state index contributed by atoms with van der Waals surface area (Å²) in [5, 5.41) is 0. The number of unbranched alkanes of at least 4 members (excludes halogenated alkanes) is 6. The summed E-state index contributed by atoms with van der Waals surface area (Å²) in [5.41, 5.74) is 5.42. The minimum absolute atomic E-state index is 1.07. The molecule has 242 valence electrons. The van der Waals surface area contributed by atoms with E-state index in [9.17, 15) is 0 Å². The predicted molar refractivity (Wildman–Crippen MR) is 213 cm³/mol. The number of aromatic nitrogens is 2. The molecule has 6 heterocycles. The van der Waals surface area contributed by atoms with Crippen molar-refractivity contribution in [3.8, 4) is 52.0 Å². The molecule has 46 heavy (non-hydrogen) atoms. The first-order valence-electron chi connectivity index (χ1n) is 16.5. The third-order valence-corrected chi connectivity index (χ3v) is 15.3. The molecule has 0 radical (unpaired) electrons. The number of hydrogen-bond donors (Lipinski definition) is 0. The Kier molecular flexibility index (Phi) is 12.1. The second kappa shape index (κ2) is 16.4. The molecule has 0 saturated heterocycles. The van der Waals surface area contributed by atoms with Gasteiger partial charge in [-0.05, 0) is 98.1 Å². The standard InChI is InChI=1S/C38H44N2S6/c1-5-7-9-11-25-39-27(13-15-29(39)33-21-23-37(41-3)45-33)31-17-19-35(43-31)36-20-18-32(44-36)28-14-16-30(34-22-24-38(42-4)46-34)40(28)26-12-10-8-6-2/h13-24H,5-12,25-26H2,1-4H3. The Morgan fingerprint density at radius 2 is 0.761 bits per heavy atom. The highest BCUT2D eigenvalue weighted by Gasteiger charge is 2.18. The molecule has 0 aliphatic rings. The summed E-state index contributed by atoms with van der Waals surface area (Å²) in [6, 6.07) is 27.9. The lowest BCUT2D eigenvalue weighted by Crippen LogP contribution is -2.01. The van der Waals surface area contributed by atoms with Crippen molar-refractivity contribution in [2.45, 2.75) is 86.7 Å². The van der Waals surface area contributed by atoms with Crippen molar-refractivity contribution in [1.29, 1.82) is 0 Å². The van der Waals surface area contributed by atoms with E-state index < -0.39 is 0 Å². The average molecular weight is 721 g/mol. The van der Waals surface area contributed by atoms with E-state index in [-0.39, 0.29) is 0 Å². The summed E-state index contributed by atoms with van der Waals surface area (Å²) in [4.78, 5) is 8.17. The first-order valence-corrected chi connectivity index (χ1v) is 22.2. The fraction of sp³-hybridized carbons (Fsp3) is 0.368. The van der Waals surface area contributed by atoms with Gasteiger partial charge >= 0.3 is 0 Å². The third-order valence-electron chi connectivity index (χ3n) is 8.46. The van der Waals surface area contributed by atoms with Crippen LogP contribution in [0.15, 0.2) is 81.2 Å². The van der Waals surface area contributed by atoms with E-state index in [0.717, 1.165) is 13.1 Å². The Morgan fingerprint density at radius 3 is 1.11 bits per heavy atom. The Bertz CT molecular complexity index is 1690. The number of rotatable bonds is 17. The van der Waals surface area contributed by atoms with Crippen LogP contribution < -0.4 is 0 Å². The van der Waals surface area contributed by atoms with E-state index >= 15 is 0 Å². The van der Waals surface area contributed by atoms with Crippen LogP contribution in [0.2, 0.25) is 0 Å². The zero-order valence-corrected chi connectivity index (χ0v) is 32.2. The fourth-order valence-electron chi connectivity index (χ4n) is 6.02. The lowest BCUT2D eigenvalue weighted by atomic mass is 10.2. The molecular weight excluding hydrogens is 677 g/mol. The van der Waals surface area contributed by atoms with Crippen molar-refractivity contribution in [3.05, 3.63) is 72.8 Å². The Balaban J connectivity index is 1.28. The summed E-state index contributed by atoms with van der Waals surface area (Å²) in [5.74, 6) is 0. The van der Waals surface area contributed by atoms with Gasteiger partial charge in [-0.1, -0.05) is 52.4 Å². The molecule has 0 unspecified atom stereocenters. The molecule has 0 N–H and O–H groups in total. The van der Waals surface area contributed by atoms with Gasteiger partial charge in [-0.3, -0.25) is 0 Å². The first kappa shape index (κ1) is 33.9. The maximum absolute atomic E-state index is 2.58. The molecule has 0 fully saturated rings. The maximum Gasteiger partial charge on any atom is 0.0603 e. The first-order chi connectivity index (χ1) is 22.6. The van der Waals surface area contributed by atoms with Crippen LogP contribution in [0.3, 0.4) is 0 Å². The number of nitrogens with zero attached hydrogens (tertiary/aromatic N) is 2. The van der Waals surface area contributed by atoms with E-state index in [1.54, 1.807) is 0 Å². The maximum atomic E-state index is 2.58. The van der Waals surface area contributed by atoms with E-state index in [1.807, 2.05) is 68.9 Å². The lowest BCUT2D eigenvalue weighted by molar-refractivity contribution is 0.591. The number of hydrogen-bond acceptors (Lipinski definition) is 6. The highest BCUT2D eigenvalue weighted by Crippen LogP contribution is 2.44. The number of thiophene rings is 4. The summed E-state index contributed by atoms with van der Waals surface area (Å²) < 4.78 is 7.92. The van der Waals surface area contributed by atoms with E-state index in [1.165, 1.54) is 112 Å². The summed E-state index contributed by atoms with van der Waals surface area (Å²) in [6.45, 7) is 6.72. The van der Waals surface area contributed by atoms with Gasteiger partial charge in [-0.25, -0.2) is 0 Å². The third kappa shape index (κ3) is 7.68. The van der Waals surface area contributed by atoms with Crippen LogP contribution in [-0.2, 0) is 13.1 Å². The molecule has 0 bridgehead atoms. The van der Waals surface area contributed by atoms with Gasteiger partial charge in [0.05, 0.1) is 50.7 Å². The highest BCUT2D eigenvalue weighted by molar-refractivity contribution is 8.00. The van der Waals surface area contributed by atoms with Gasteiger partial charge in [0.25, 0.3) is 0 Å². The summed E-state index contributed by atoms with van der Waals surface area (Å²) in [6.07, 6.45) is 14.5. The zero-order chi connectivity index (χ0) is 31.9. The zero-order valence-electron chi connectivity index (χ0n) is 27.3. The molecule has 6 aromatic rings. The average Bonchev–Trinajstić information content (AvgIpc) is 3.92. The summed E-state index contributed by atoms with van der Waals surface area (Å²) in [7, 11) is 0. The summed E-state index contributed by atoms with van der Waals surface area (Å²) >= 11 is 11.4. The van der Waals surface area contributed by atoms with Gasteiger partial charge in [-0.15, -0.1) is 68.9 Å². The minimum Gasteiger partial charge on any atom is -0.339 e. The highest BCUT2D eigenvalue weighted by atomic mass is 32.2. The molecule has 0 aliphatic heterocycles. The largest absolute Gasteiger partial charge is 0.339 e. The van der Waals surface area contributed by atoms with Gasteiger partial charge in [-0.2, -0.15) is 0 Å². The van der Waals surface area contributed by atoms with E-state index in [0.29, 0.717) is 0 Å². The van der Waals surface area contributed by atoms with Gasteiger partial charge in [0.1, 0.15) is 0 Å². The van der Waals surface area contributed by atoms with Crippen LogP contribution in [0.5, 0.6) is 0 Å². The van der Waals surface area contributed by atoms with Gasteiger partial charge in [0, 0.05) is 22.8 Å². The van der Waals surface area contributed by atoms with Gasteiger partial charge in [0.2, 0.25) is 0 Å². The molecule has 2 nitrogen and oxygen atoms in total. The van der Waals surface area contributed by atoms with Crippen LogP contribution in [0.1, 0.15) is 65.2 Å². The fourth-order valence-corrected chi connectivity index (χ4v) is 11.4. The lowest BCUT2D eigenvalue weighted by Gasteiger charge is -2.12.